The van der Waals surface area contributed by atoms with Crippen LogP contribution in [0.2, 0.25) is 0 Å². The summed E-state index contributed by atoms with van der Waals surface area (Å²) in [6.07, 6.45) is -1.83. The summed E-state index contributed by atoms with van der Waals surface area (Å²) < 4.78 is 70.3. The van der Waals surface area contributed by atoms with Gasteiger partial charge in [-0.05, 0) is 49.7 Å². The van der Waals surface area contributed by atoms with Crippen LogP contribution >= 0.6 is 0 Å². The second kappa shape index (κ2) is 8.45. The highest BCUT2D eigenvalue weighted by Gasteiger charge is 2.62. The highest BCUT2D eigenvalue weighted by Crippen LogP contribution is 2.50. The standard InChI is InChI=1S/C23H27F3N2O4S/c1-14-7-9-15(10-8-14)18-13-22(23(24,25)26,16-5-3-2-4-6-16)27-20(29)19(18)21(30)28-33(31,32)17-11-12-17/h7-10,16-17H,2-6,11-13H2,1H3,(H,27,29)(H,28,30)/t22-/m0/s1. The Morgan fingerprint density at radius 3 is 2.21 bits per heavy atom. The van der Waals surface area contributed by atoms with E-state index in [0.717, 1.165) is 12.0 Å². The summed E-state index contributed by atoms with van der Waals surface area (Å²) in [5.41, 5.74) is -2.00. The van der Waals surface area contributed by atoms with E-state index in [1.165, 1.54) is 0 Å². The van der Waals surface area contributed by atoms with Crippen LogP contribution in [0.1, 0.15) is 62.5 Å². The van der Waals surface area contributed by atoms with Crippen molar-refractivity contribution < 1.29 is 31.2 Å². The normalized spacial score (nSPS) is 25.0. The molecule has 1 aromatic carbocycles. The van der Waals surface area contributed by atoms with Gasteiger partial charge in [0.05, 0.1) is 5.25 Å². The van der Waals surface area contributed by atoms with Crippen molar-refractivity contribution in [3.05, 3.63) is 41.0 Å². The molecule has 2 amide bonds. The molecule has 0 unspecified atom stereocenters. The lowest BCUT2D eigenvalue weighted by Crippen LogP contribution is -2.66. The van der Waals surface area contributed by atoms with Gasteiger partial charge in [0.2, 0.25) is 10.0 Å². The Labute approximate surface area is 191 Å². The summed E-state index contributed by atoms with van der Waals surface area (Å²) in [7, 11) is -3.98. The zero-order valence-corrected chi connectivity index (χ0v) is 19.1. The van der Waals surface area contributed by atoms with Crippen LogP contribution in [0, 0.1) is 12.8 Å². The minimum atomic E-state index is -4.75. The number of benzene rings is 1. The van der Waals surface area contributed by atoms with E-state index in [2.05, 4.69) is 5.32 Å². The maximum Gasteiger partial charge on any atom is 0.412 e. The van der Waals surface area contributed by atoms with E-state index in [9.17, 15) is 31.2 Å². The van der Waals surface area contributed by atoms with Crippen LogP contribution in [0.5, 0.6) is 0 Å². The van der Waals surface area contributed by atoms with E-state index in [-0.39, 0.29) is 5.57 Å². The van der Waals surface area contributed by atoms with Crippen molar-refractivity contribution in [3.8, 4) is 0 Å². The van der Waals surface area contributed by atoms with Crippen LogP contribution in [0.4, 0.5) is 13.2 Å². The van der Waals surface area contributed by atoms with Gasteiger partial charge in [0.25, 0.3) is 11.8 Å². The summed E-state index contributed by atoms with van der Waals surface area (Å²) in [5, 5.41) is 1.42. The molecule has 0 spiro atoms. The third-order valence-corrected chi connectivity index (χ3v) is 8.77. The number of amides is 2. The number of hydrogen-bond donors (Lipinski definition) is 2. The summed E-state index contributed by atoms with van der Waals surface area (Å²) in [6, 6.07) is 6.49. The van der Waals surface area contributed by atoms with Gasteiger partial charge >= 0.3 is 6.18 Å². The topological polar surface area (TPSA) is 92.3 Å². The summed E-state index contributed by atoms with van der Waals surface area (Å²) in [5.74, 6) is -3.20. The Kier molecular flexibility index (Phi) is 6.09. The number of hydrogen-bond acceptors (Lipinski definition) is 4. The van der Waals surface area contributed by atoms with Crippen molar-refractivity contribution in [1.29, 1.82) is 0 Å². The predicted octanol–water partition coefficient (Wildman–Crippen LogP) is 3.76. The second-order valence-electron chi connectivity index (χ2n) is 9.33. The number of carbonyl (C=O) groups is 2. The molecule has 180 valence electrons. The maximum atomic E-state index is 14.6. The lowest BCUT2D eigenvalue weighted by Gasteiger charge is -2.47. The van der Waals surface area contributed by atoms with Crippen LogP contribution in [0.25, 0.3) is 5.57 Å². The Morgan fingerprint density at radius 1 is 1.06 bits per heavy atom. The fourth-order valence-electron chi connectivity index (χ4n) is 4.94. The van der Waals surface area contributed by atoms with E-state index < -0.39 is 56.7 Å². The van der Waals surface area contributed by atoms with Crippen molar-refractivity contribution in [3.63, 3.8) is 0 Å². The first-order valence-electron chi connectivity index (χ1n) is 11.2. The van der Waals surface area contributed by atoms with E-state index in [0.29, 0.717) is 44.1 Å². The lowest BCUT2D eigenvalue weighted by atomic mass is 9.68. The Morgan fingerprint density at radius 2 is 1.67 bits per heavy atom. The Balaban J connectivity index is 1.82. The van der Waals surface area contributed by atoms with Crippen LogP contribution in [0.15, 0.2) is 29.8 Å². The molecule has 0 bridgehead atoms. The van der Waals surface area contributed by atoms with Gasteiger partial charge in [0.15, 0.2) is 0 Å². The average Bonchev–Trinajstić information content (AvgIpc) is 3.59. The number of sulfonamides is 1. The van der Waals surface area contributed by atoms with Crippen LogP contribution in [-0.2, 0) is 19.6 Å². The number of aryl methyl sites for hydroxylation is 1. The third kappa shape index (κ3) is 4.54. The highest BCUT2D eigenvalue weighted by atomic mass is 32.2. The molecule has 1 aromatic rings. The third-order valence-electron chi connectivity index (χ3n) is 6.95. The van der Waals surface area contributed by atoms with Gasteiger partial charge in [0, 0.05) is 6.42 Å². The highest BCUT2D eigenvalue weighted by molar-refractivity contribution is 7.91. The zero-order chi connectivity index (χ0) is 24.0. The summed E-state index contributed by atoms with van der Waals surface area (Å²) in [4.78, 5) is 26.1. The molecular weight excluding hydrogens is 457 g/mol. The Bertz CT molecular complexity index is 1090. The van der Waals surface area contributed by atoms with Gasteiger partial charge in [-0.25, -0.2) is 13.1 Å². The van der Waals surface area contributed by atoms with Crippen molar-refractivity contribution in [1.82, 2.24) is 10.0 Å². The molecule has 0 aromatic heterocycles. The number of alkyl halides is 3. The van der Waals surface area contributed by atoms with E-state index >= 15 is 0 Å². The first kappa shape index (κ1) is 23.8. The van der Waals surface area contributed by atoms with Crippen molar-refractivity contribution in [2.75, 3.05) is 0 Å². The minimum absolute atomic E-state index is 0.0786. The van der Waals surface area contributed by atoms with Gasteiger partial charge < -0.3 is 5.32 Å². The smallest absolute Gasteiger partial charge is 0.337 e. The molecule has 2 aliphatic carbocycles. The lowest BCUT2D eigenvalue weighted by molar-refractivity contribution is -0.215. The molecule has 3 aliphatic rings. The molecule has 6 nitrogen and oxygen atoms in total. The maximum absolute atomic E-state index is 14.6. The van der Waals surface area contributed by atoms with Gasteiger partial charge in [-0.15, -0.1) is 0 Å². The molecular formula is C23H27F3N2O4S. The summed E-state index contributed by atoms with van der Waals surface area (Å²) in [6.45, 7) is 1.81. The van der Waals surface area contributed by atoms with Crippen molar-refractivity contribution in [2.45, 2.75) is 75.3 Å². The van der Waals surface area contributed by atoms with E-state index in [1.807, 2.05) is 11.6 Å². The molecule has 1 aliphatic heterocycles. The molecule has 2 saturated carbocycles. The SMILES string of the molecule is Cc1ccc(C2=C(C(=O)NS(=O)(=O)C3CC3)C(=O)N[C@@](C3CCCCC3)(C(F)(F)F)C2)cc1. The fourth-order valence-corrected chi connectivity index (χ4v) is 6.22. The largest absolute Gasteiger partial charge is 0.412 e. The van der Waals surface area contributed by atoms with Gasteiger partial charge in [-0.1, -0.05) is 49.1 Å². The monoisotopic (exact) mass is 484 g/mol. The number of carbonyl (C=O) groups excluding carboxylic acids is 2. The first-order valence-corrected chi connectivity index (χ1v) is 12.7. The molecule has 4 rings (SSSR count). The molecule has 0 saturated heterocycles. The Hall–Kier alpha value is -2.36. The van der Waals surface area contributed by atoms with Crippen LogP contribution in [0.3, 0.4) is 0 Å². The van der Waals surface area contributed by atoms with E-state index in [1.54, 1.807) is 24.3 Å². The zero-order valence-electron chi connectivity index (χ0n) is 18.3. The van der Waals surface area contributed by atoms with Gasteiger partial charge in [-0.2, -0.15) is 13.2 Å². The minimum Gasteiger partial charge on any atom is -0.337 e. The summed E-state index contributed by atoms with van der Waals surface area (Å²) >= 11 is 0. The molecule has 10 heteroatoms. The number of rotatable bonds is 5. The van der Waals surface area contributed by atoms with Crippen LogP contribution < -0.4 is 10.0 Å². The first-order chi connectivity index (χ1) is 15.4. The van der Waals surface area contributed by atoms with Crippen molar-refractivity contribution >= 4 is 27.4 Å². The number of nitrogens with one attached hydrogen (secondary N) is 2. The van der Waals surface area contributed by atoms with Crippen molar-refractivity contribution in [2.24, 2.45) is 5.92 Å². The molecule has 1 atom stereocenters. The molecule has 1 heterocycles. The molecule has 33 heavy (non-hydrogen) atoms. The fraction of sp³-hybridized carbons (Fsp3) is 0.565. The predicted molar refractivity (Wildman–Crippen MR) is 116 cm³/mol. The second-order valence-corrected chi connectivity index (χ2v) is 11.3. The molecule has 2 fully saturated rings. The van der Waals surface area contributed by atoms with Gasteiger partial charge in [0.1, 0.15) is 11.1 Å². The molecule has 2 N–H and O–H groups in total. The molecule has 0 radical (unpaired) electrons. The van der Waals surface area contributed by atoms with Gasteiger partial charge in [-0.3, -0.25) is 9.59 Å². The quantitative estimate of drug-likeness (QED) is 0.623. The van der Waals surface area contributed by atoms with E-state index in [4.69, 9.17) is 0 Å². The average molecular weight is 485 g/mol. The number of halogens is 3. The van der Waals surface area contributed by atoms with Crippen LogP contribution in [-0.4, -0.2) is 37.2 Å².